The monoisotopic (exact) mass is 354 g/mol. The van der Waals surface area contributed by atoms with E-state index < -0.39 is 10.0 Å². The first-order valence-corrected chi connectivity index (χ1v) is 10.3. The van der Waals surface area contributed by atoms with Crippen LogP contribution >= 0.6 is 0 Å². The van der Waals surface area contributed by atoms with Crippen LogP contribution in [0.2, 0.25) is 0 Å². The molecule has 1 rings (SSSR count). The van der Waals surface area contributed by atoms with Crippen LogP contribution in [0.1, 0.15) is 39.2 Å². The second-order valence-electron chi connectivity index (χ2n) is 6.57. The molecule has 0 aromatic heterocycles. The van der Waals surface area contributed by atoms with Crippen LogP contribution in [-0.4, -0.2) is 44.5 Å². The van der Waals surface area contributed by atoms with Gasteiger partial charge in [-0.3, -0.25) is 4.79 Å². The summed E-state index contributed by atoms with van der Waals surface area (Å²) in [6, 6.07) is 7.78. The summed E-state index contributed by atoms with van der Waals surface area (Å²) in [7, 11) is -3.30. The quantitative estimate of drug-likeness (QED) is 0.685. The van der Waals surface area contributed by atoms with E-state index in [0.717, 1.165) is 17.7 Å². The number of rotatable bonds is 9. The average Bonchev–Trinajstić information content (AvgIpc) is 2.46. The Balaban J connectivity index is 2.76. The third-order valence-electron chi connectivity index (χ3n) is 3.93. The first-order valence-electron chi connectivity index (χ1n) is 8.47. The molecule has 0 heterocycles. The summed E-state index contributed by atoms with van der Waals surface area (Å²) < 4.78 is 25.2. The molecule has 0 N–H and O–H groups in total. The number of amides is 1. The molecule has 0 saturated heterocycles. The molecule has 0 aliphatic heterocycles. The van der Waals surface area contributed by atoms with Gasteiger partial charge in [0, 0.05) is 31.7 Å². The topological polar surface area (TPSA) is 57.7 Å². The summed E-state index contributed by atoms with van der Waals surface area (Å²) in [5.74, 6) is 0.366. The summed E-state index contributed by atoms with van der Waals surface area (Å²) in [6.45, 7) is 9.27. The predicted molar refractivity (Wildman–Crippen MR) is 99.7 cm³/mol. The lowest BCUT2D eigenvalue weighted by atomic mass is 10.1. The van der Waals surface area contributed by atoms with Gasteiger partial charge in [0.1, 0.15) is 0 Å². The highest BCUT2D eigenvalue weighted by atomic mass is 32.2. The van der Waals surface area contributed by atoms with Crippen molar-refractivity contribution in [3.63, 3.8) is 0 Å². The average molecular weight is 355 g/mol. The van der Waals surface area contributed by atoms with E-state index >= 15 is 0 Å². The van der Waals surface area contributed by atoms with E-state index in [-0.39, 0.29) is 18.9 Å². The number of hydrogen-bond acceptors (Lipinski definition) is 3. The van der Waals surface area contributed by atoms with Crippen molar-refractivity contribution in [3.8, 4) is 0 Å². The fourth-order valence-electron chi connectivity index (χ4n) is 2.50. The van der Waals surface area contributed by atoms with Crippen molar-refractivity contribution in [1.29, 1.82) is 0 Å². The van der Waals surface area contributed by atoms with Crippen LogP contribution in [-0.2, 0) is 14.8 Å². The molecule has 6 heteroatoms. The van der Waals surface area contributed by atoms with Gasteiger partial charge in [-0.1, -0.05) is 26.0 Å². The highest BCUT2D eigenvalue weighted by molar-refractivity contribution is 7.88. The fraction of sp³-hybridized carbons (Fsp3) is 0.611. The van der Waals surface area contributed by atoms with Gasteiger partial charge in [-0.15, -0.1) is 0 Å². The van der Waals surface area contributed by atoms with E-state index in [1.54, 1.807) is 4.90 Å². The molecule has 0 aliphatic rings. The largest absolute Gasteiger partial charge is 0.313 e. The predicted octanol–water partition coefficient (Wildman–Crippen LogP) is 3.05. The molecule has 0 atom stereocenters. The lowest BCUT2D eigenvalue weighted by Gasteiger charge is -2.24. The molecule has 1 aromatic carbocycles. The van der Waals surface area contributed by atoms with E-state index in [2.05, 4.69) is 13.8 Å². The van der Waals surface area contributed by atoms with Gasteiger partial charge >= 0.3 is 0 Å². The Morgan fingerprint density at radius 1 is 1.21 bits per heavy atom. The Hall–Kier alpha value is -1.40. The molecule has 0 fully saturated rings. The highest BCUT2D eigenvalue weighted by Crippen LogP contribution is 2.17. The van der Waals surface area contributed by atoms with Crippen molar-refractivity contribution in [3.05, 3.63) is 29.8 Å². The Kier molecular flexibility index (Phi) is 7.90. The van der Waals surface area contributed by atoms with E-state index in [1.165, 1.54) is 10.6 Å². The van der Waals surface area contributed by atoms with E-state index in [9.17, 15) is 13.2 Å². The number of hydrogen-bond donors (Lipinski definition) is 0. The highest BCUT2D eigenvalue weighted by Gasteiger charge is 2.20. The molecule has 0 saturated carbocycles. The fourth-order valence-corrected chi connectivity index (χ4v) is 3.36. The van der Waals surface area contributed by atoms with Gasteiger partial charge in [-0.05, 0) is 43.9 Å². The first-order chi connectivity index (χ1) is 11.1. The van der Waals surface area contributed by atoms with Crippen molar-refractivity contribution < 1.29 is 13.2 Å². The molecule has 0 bridgehead atoms. The van der Waals surface area contributed by atoms with E-state index in [1.807, 2.05) is 38.1 Å². The maximum atomic E-state index is 12.6. The minimum atomic E-state index is -3.30. The lowest BCUT2D eigenvalue weighted by molar-refractivity contribution is -0.118. The minimum Gasteiger partial charge on any atom is -0.313 e. The summed E-state index contributed by atoms with van der Waals surface area (Å²) in [5.41, 5.74) is 1.95. The van der Waals surface area contributed by atoms with E-state index in [4.69, 9.17) is 0 Å². The van der Waals surface area contributed by atoms with Crippen molar-refractivity contribution >= 4 is 21.6 Å². The van der Waals surface area contributed by atoms with Crippen LogP contribution in [0.25, 0.3) is 0 Å². The summed E-state index contributed by atoms with van der Waals surface area (Å²) in [4.78, 5) is 14.3. The molecular weight excluding hydrogens is 324 g/mol. The Morgan fingerprint density at radius 3 is 2.38 bits per heavy atom. The standard InChI is InChI=1S/C18H30N2O3S/c1-6-20(17-9-7-8-16(4)14-17)18(21)11-13-19(24(5,22)23)12-10-15(2)3/h7-9,14-15H,6,10-13H2,1-5H3. The molecular formula is C18H30N2O3S. The molecule has 1 aromatic rings. The van der Waals surface area contributed by atoms with Crippen LogP contribution in [0.15, 0.2) is 24.3 Å². The van der Waals surface area contributed by atoms with Gasteiger partial charge in [0.25, 0.3) is 0 Å². The lowest BCUT2D eigenvalue weighted by Crippen LogP contribution is -2.37. The second-order valence-corrected chi connectivity index (χ2v) is 8.55. The van der Waals surface area contributed by atoms with Gasteiger partial charge in [0.2, 0.25) is 15.9 Å². The molecule has 0 spiro atoms. The van der Waals surface area contributed by atoms with Gasteiger partial charge in [0.05, 0.1) is 6.26 Å². The Labute approximate surface area is 146 Å². The van der Waals surface area contributed by atoms with Gasteiger partial charge in [0.15, 0.2) is 0 Å². The zero-order valence-corrected chi connectivity index (χ0v) is 16.3. The van der Waals surface area contributed by atoms with Gasteiger partial charge < -0.3 is 4.90 Å². The number of anilines is 1. The third kappa shape index (κ3) is 6.61. The molecule has 136 valence electrons. The molecule has 5 nitrogen and oxygen atoms in total. The van der Waals surface area contributed by atoms with Crippen LogP contribution in [0.5, 0.6) is 0 Å². The number of benzene rings is 1. The number of carbonyl (C=O) groups is 1. The van der Waals surface area contributed by atoms with Gasteiger partial charge in [-0.25, -0.2) is 12.7 Å². The number of aryl methyl sites for hydroxylation is 1. The zero-order valence-electron chi connectivity index (χ0n) is 15.4. The van der Waals surface area contributed by atoms with Crippen LogP contribution in [0, 0.1) is 12.8 Å². The second kappa shape index (κ2) is 9.18. The minimum absolute atomic E-state index is 0.0544. The summed E-state index contributed by atoms with van der Waals surface area (Å²) in [6.07, 6.45) is 2.18. The Bertz CT molecular complexity index is 641. The van der Waals surface area contributed by atoms with Gasteiger partial charge in [-0.2, -0.15) is 0 Å². The maximum Gasteiger partial charge on any atom is 0.228 e. The van der Waals surface area contributed by atoms with E-state index in [0.29, 0.717) is 19.0 Å². The first kappa shape index (κ1) is 20.6. The van der Waals surface area contributed by atoms with Crippen LogP contribution in [0.4, 0.5) is 5.69 Å². The van der Waals surface area contributed by atoms with Crippen LogP contribution < -0.4 is 4.90 Å². The summed E-state index contributed by atoms with van der Waals surface area (Å²) in [5, 5.41) is 0. The molecule has 0 aliphatic carbocycles. The molecule has 0 unspecified atom stereocenters. The molecule has 1 amide bonds. The number of nitrogens with zero attached hydrogens (tertiary/aromatic N) is 2. The molecule has 24 heavy (non-hydrogen) atoms. The number of carbonyl (C=O) groups excluding carboxylic acids is 1. The van der Waals surface area contributed by atoms with Crippen molar-refractivity contribution in [2.45, 2.75) is 40.5 Å². The zero-order chi connectivity index (χ0) is 18.3. The normalized spacial score (nSPS) is 12.0. The maximum absolute atomic E-state index is 12.6. The van der Waals surface area contributed by atoms with Crippen molar-refractivity contribution in [2.24, 2.45) is 5.92 Å². The summed E-state index contributed by atoms with van der Waals surface area (Å²) >= 11 is 0. The van der Waals surface area contributed by atoms with Crippen LogP contribution in [0.3, 0.4) is 0 Å². The smallest absolute Gasteiger partial charge is 0.228 e. The number of sulfonamides is 1. The van der Waals surface area contributed by atoms with Crippen molar-refractivity contribution in [2.75, 3.05) is 30.8 Å². The third-order valence-corrected chi connectivity index (χ3v) is 5.23. The molecule has 0 radical (unpaired) electrons. The SMILES string of the molecule is CCN(C(=O)CCN(CCC(C)C)S(C)(=O)=O)c1cccc(C)c1. The van der Waals surface area contributed by atoms with Crippen molar-refractivity contribution in [1.82, 2.24) is 4.31 Å². The Morgan fingerprint density at radius 2 is 1.88 bits per heavy atom.